The van der Waals surface area contributed by atoms with E-state index in [0.29, 0.717) is 6.54 Å². The molecule has 100 valence electrons. The van der Waals surface area contributed by atoms with E-state index >= 15 is 0 Å². The molecule has 0 bridgehead atoms. The maximum Gasteiger partial charge on any atom is 0.387 e. The predicted molar refractivity (Wildman–Crippen MR) is 68.5 cm³/mol. The van der Waals surface area contributed by atoms with Crippen molar-refractivity contribution in [2.75, 3.05) is 5.32 Å². The summed E-state index contributed by atoms with van der Waals surface area (Å²) in [5, 5.41) is 12.3. The van der Waals surface area contributed by atoms with Gasteiger partial charge in [-0.05, 0) is 42.0 Å². The number of phenolic OH excluding ortho intramolecular Hbond substituents is 1. The molecule has 0 unspecified atom stereocenters. The van der Waals surface area contributed by atoms with Crippen LogP contribution in [-0.2, 0) is 6.54 Å². The lowest BCUT2D eigenvalue weighted by molar-refractivity contribution is -0.0498. The van der Waals surface area contributed by atoms with Crippen LogP contribution in [0.4, 0.5) is 14.5 Å². The highest BCUT2D eigenvalue weighted by atomic mass is 19.3. The first kappa shape index (κ1) is 13.1. The van der Waals surface area contributed by atoms with Gasteiger partial charge in [-0.25, -0.2) is 0 Å². The Balaban J connectivity index is 1.91. The Bertz CT molecular complexity index is 512. The quantitative estimate of drug-likeness (QED) is 0.867. The Morgan fingerprint density at radius 1 is 1.00 bits per heavy atom. The Kier molecular flexibility index (Phi) is 4.18. The topological polar surface area (TPSA) is 41.5 Å². The highest BCUT2D eigenvalue weighted by Crippen LogP contribution is 2.18. The van der Waals surface area contributed by atoms with Crippen molar-refractivity contribution in [3.8, 4) is 11.5 Å². The highest BCUT2D eigenvalue weighted by Gasteiger charge is 2.03. The minimum absolute atomic E-state index is 0.130. The van der Waals surface area contributed by atoms with E-state index in [0.717, 1.165) is 11.3 Å². The number of anilines is 1. The maximum atomic E-state index is 12.0. The zero-order valence-corrected chi connectivity index (χ0v) is 10.0. The van der Waals surface area contributed by atoms with E-state index in [1.165, 1.54) is 12.1 Å². The summed E-state index contributed by atoms with van der Waals surface area (Å²) in [5.74, 6) is 0.349. The van der Waals surface area contributed by atoms with Gasteiger partial charge in [0.15, 0.2) is 0 Å². The summed E-state index contributed by atoms with van der Waals surface area (Å²) in [6.45, 7) is -2.23. The number of halogens is 2. The Labute approximate surface area is 109 Å². The van der Waals surface area contributed by atoms with Crippen LogP contribution in [0.2, 0.25) is 0 Å². The zero-order chi connectivity index (χ0) is 13.7. The average molecular weight is 265 g/mol. The predicted octanol–water partition coefficient (Wildman–Crippen LogP) is 3.61. The van der Waals surface area contributed by atoms with Gasteiger partial charge in [-0.3, -0.25) is 0 Å². The molecule has 0 saturated heterocycles. The molecule has 3 nitrogen and oxygen atoms in total. The minimum atomic E-state index is -2.81. The molecule has 0 spiro atoms. The normalized spacial score (nSPS) is 10.5. The SMILES string of the molecule is Oc1ccc(CNc2ccc(OC(F)F)cc2)cc1. The first-order valence-electron chi connectivity index (χ1n) is 5.70. The van der Waals surface area contributed by atoms with Crippen molar-refractivity contribution >= 4 is 5.69 Å². The molecule has 0 aliphatic heterocycles. The summed E-state index contributed by atoms with van der Waals surface area (Å²) in [6.07, 6.45) is 0. The van der Waals surface area contributed by atoms with Crippen molar-refractivity contribution in [3.63, 3.8) is 0 Å². The van der Waals surface area contributed by atoms with E-state index < -0.39 is 6.61 Å². The lowest BCUT2D eigenvalue weighted by Crippen LogP contribution is -2.02. The second kappa shape index (κ2) is 6.04. The standard InChI is InChI=1S/C14H13F2NO2/c15-14(16)19-13-7-3-11(4-8-13)17-9-10-1-5-12(18)6-2-10/h1-8,14,17-18H,9H2. The summed E-state index contributed by atoms with van der Waals surface area (Å²) in [5.41, 5.74) is 1.81. The van der Waals surface area contributed by atoms with E-state index in [2.05, 4.69) is 10.1 Å². The van der Waals surface area contributed by atoms with E-state index in [9.17, 15) is 8.78 Å². The van der Waals surface area contributed by atoms with Crippen LogP contribution in [0.25, 0.3) is 0 Å². The molecular weight excluding hydrogens is 252 g/mol. The van der Waals surface area contributed by atoms with Crippen LogP contribution in [0.15, 0.2) is 48.5 Å². The van der Waals surface area contributed by atoms with Gasteiger partial charge in [-0.1, -0.05) is 12.1 Å². The molecule has 0 radical (unpaired) electrons. The molecule has 0 saturated carbocycles. The van der Waals surface area contributed by atoms with Gasteiger partial charge in [0, 0.05) is 12.2 Å². The zero-order valence-electron chi connectivity index (χ0n) is 10.0. The molecule has 0 heterocycles. The summed E-state index contributed by atoms with van der Waals surface area (Å²) in [6, 6.07) is 13.1. The minimum Gasteiger partial charge on any atom is -0.508 e. The van der Waals surface area contributed by atoms with Crippen molar-refractivity contribution in [2.24, 2.45) is 0 Å². The molecule has 2 N–H and O–H groups in total. The second-order valence-electron chi connectivity index (χ2n) is 3.92. The molecule has 5 heteroatoms. The van der Waals surface area contributed by atoms with E-state index in [1.54, 1.807) is 36.4 Å². The van der Waals surface area contributed by atoms with Crippen LogP contribution in [-0.4, -0.2) is 11.7 Å². The number of aromatic hydroxyl groups is 1. The number of rotatable bonds is 5. The van der Waals surface area contributed by atoms with Gasteiger partial charge in [0.2, 0.25) is 0 Å². The maximum absolute atomic E-state index is 12.0. The lowest BCUT2D eigenvalue weighted by Gasteiger charge is -2.08. The monoisotopic (exact) mass is 265 g/mol. The molecule has 0 aliphatic rings. The van der Waals surface area contributed by atoms with Crippen LogP contribution in [0.3, 0.4) is 0 Å². The fourth-order valence-electron chi connectivity index (χ4n) is 1.57. The van der Waals surface area contributed by atoms with Crippen LogP contribution in [0.5, 0.6) is 11.5 Å². The molecule has 0 aromatic heterocycles. The van der Waals surface area contributed by atoms with Crippen molar-refractivity contribution in [1.29, 1.82) is 0 Å². The van der Waals surface area contributed by atoms with Crippen LogP contribution >= 0.6 is 0 Å². The van der Waals surface area contributed by atoms with Gasteiger partial charge in [-0.15, -0.1) is 0 Å². The number of hydrogen-bond donors (Lipinski definition) is 2. The fraction of sp³-hybridized carbons (Fsp3) is 0.143. The summed E-state index contributed by atoms with van der Waals surface area (Å²) in [4.78, 5) is 0. The molecule has 0 atom stereocenters. The molecule has 2 rings (SSSR count). The summed E-state index contributed by atoms with van der Waals surface area (Å²) in [7, 11) is 0. The van der Waals surface area contributed by atoms with Crippen molar-refractivity contribution in [3.05, 3.63) is 54.1 Å². The molecule has 2 aromatic carbocycles. The first-order chi connectivity index (χ1) is 9.13. The molecule has 0 fully saturated rings. The second-order valence-corrected chi connectivity index (χ2v) is 3.92. The Hall–Kier alpha value is -2.30. The number of nitrogens with one attached hydrogen (secondary N) is 1. The van der Waals surface area contributed by atoms with E-state index in [4.69, 9.17) is 5.11 Å². The fourth-order valence-corrected chi connectivity index (χ4v) is 1.57. The van der Waals surface area contributed by atoms with E-state index in [-0.39, 0.29) is 11.5 Å². The average Bonchev–Trinajstić information content (AvgIpc) is 2.39. The number of phenols is 1. The first-order valence-corrected chi connectivity index (χ1v) is 5.70. The smallest absolute Gasteiger partial charge is 0.387 e. The van der Waals surface area contributed by atoms with Crippen LogP contribution in [0.1, 0.15) is 5.56 Å². The van der Waals surface area contributed by atoms with Gasteiger partial charge < -0.3 is 15.2 Å². The number of ether oxygens (including phenoxy) is 1. The molecule has 0 aliphatic carbocycles. The van der Waals surface area contributed by atoms with Crippen molar-refractivity contribution in [2.45, 2.75) is 13.2 Å². The van der Waals surface area contributed by atoms with Crippen molar-refractivity contribution < 1.29 is 18.6 Å². The Morgan fingerprint density at radius 2 is 1.63 bits per heavy atom. The molecule has 2 aromatic rings. The van der Waals surface area contributed by atoms with Gasteiger partial charge in [0.25, 0.3) is 0 Å². The number of benzene rings is 2. The van der Waals surface area contributed by atoms with Gasteiger partial charge >= 0.3 is 6.61 Å². The van der Waals surface area contributed by atoms with Gasteiger partial charge in [0.05, 0.1) is 0 Å². The molecule has 19 heavy (non-hydrogen) atoms. The number of alkyl halides is 2. The third kappa shape index (κ3) is 4.13. The largest absolute Gasteiger partial charge is 0.508 e. The molecular formula is C14H13F2NO2. The summed E-state index contributed by atoms with van der Waals surface area (Å²) < 4.78 is 28.2. The van der Waals surface area contributed by atoms with Crippen LogP contribution in [0, 0.1) is 0 Å². The summed E-state index contributed by atoms with van der Waals surface area (Å²) >= 11 is 0. The third-order valence-electron chi connectivity index (χ3n) is 2.51. The Morgan fingerprint density at radius 3 is 2.21 bits per heavy atom. The number of hydrogen-bond acceptors (Lipinski definition) is 3. The van der Waals surface area contributed by atoms with E-state index in [1.807, 2.05) is 0 Å². The third-order valence-corrected chi connectivity index (χ3v) is 2.51. The highest BCUT2D eigenvalue weighted by molar-refractivity contribution is 5.47. The van der Waals surface area contributed by atoms with Crippen molar-refractivity contribution in [1.82, 2.24) is 0 Å². The molecule has 0 amide bonds. The lowest BCUT2D eigenvalue weighted by atomic mass is 10.2. The van der Waals surface area contributed by atoms with Crippen LogP contribution < -0.4 is 10.1 Å². The van der Waals surface area contributed by atoms with Gasteiger partial charge in [0.1, 0.15) is 11.5 Å². The van der Waals surface area contributed by atoms with Gasteiger partial charge in [-0.2, -0.15) is 8.78 Å².